The van der Waals surface area contributed by atoms with Gasteiger partial charge in [-0.15, -0.1) is 0 Å². The Labute approximate surface area is 193 Å². The van der Waals surface area contributed by atoms with Crippen LogP contribution in [-0.4, -0.2) is 42.5 Å². The molecule has 0 atom stereocenters. The number of hydrogen-bond acceptors (Lipinski definition) is 7. The lowest BCUT2D eigenvalue weighted by atomic mass is 10.1. The van der Waals surface area contributed by atoms with Gasteiger partial charge in [-0.25, -0.2) is 4.79 Å². The van der Waals surface area contributed by atoms with Gasteiger partial charge in [0.25, 0.3) is 11.5 Å². The van der Waals surface area contributed by atoms with Crippen molar-refractivity contribution in [1.29, 1.82) is 0 Å². The smallest absolute Gasteiger partial charge is 0.330 e. The third-order valence-electron chi connectivity index (χ3n) is 5.11. The molecule has 1 aliphatic rings. The van der Waals surface area contributed by atoms with Gasteiger partial charge in [-0.1, -0.05) is 41.9 Å². The van der Waals surface area contributed by atoms with Crippen molar-refractivity contribution in [1.82, 2.24) is 9.55 Å². The van der Waals surface area contributed by atoms with Gasteiger partial charge < -0.3 is 19.9 Å². The van der Waals surface area contributed by atoms with Crippen LogP contribution in [0, 0.1) is 0 Å². The maximum Gasteiger partial charge on any atom is 0.330 e. The number of hydrogen-bond donors (Lipinski definition) is 2. The van der Waals surface area contributed by atoms with E-state index in [0.29, 0.717) is 11.5 Å². The Morgan fingerprint density at radius 2 is 2.00 bits per heavy atom. The summed E-state index contributed by atoms with van der Waals surface area (Å²) in [5.74, 6) is -0.0721. The van der Waals surface area contributed by atoms with Gasteiger partial charge >= 0.3 is 5.69 Å². The number of nitrogens with one attached hydrogen (secondary N) is 1. The molecule has 33 heavy (non-hydrogen) atoms. The summed E-state index contributed by atoms with van der Waals surface area (Å²) < 4.78 is 17.0. The number of anilines is 2. The summed E-state index contributed by atoms with van der Waals surface area (Å²) in [6, 6.07) is 12.0. The zero-order valence-electron chi connectivity index (χ0n) is 17.7. The molecule has 10 nitrogen and oxygen atoms in total. The highest BCUT2D eigenvalue weighted by Gasteiger charge is 2.28. The summed E-state index contributed by atoms with van der Waals surface area (Å²) in [5, 5.41) is 0.191. The van der Waals surface area contributed by atoms with Crippen molar-refractivity contribution in [2.45, 2.75) is 6.54 Å². The number of H-pyrrole nitrogens is 1. The highest BCUT2D eigenvalue weighted by atomic mass is 35.5. The molecule has 2 heterocycles. The summed E-state index contributed by atoms with van der Waals surface area (Å²) >= 11 is 6.23. The monoisotopic (exact) mass is 472 g/mol. The Hall–Kier alpha value is -3.76. The summed E-state index contributed by atoms with van der Waals surface area (Å²) in [6.07, 6.45) is 0. The molecule has 3 aromatic rings. The normalized spacial score (nSPS) is 12.1. The molecule has 0 unspecified atom stereocenters. The van der Waals surface area contributed by atoms with Crippen molar-refractivity contribution in [3.8, 4) is 11.5 Å². The van der Waals surface area contributed by atoms with Gasteiger partial charge in [-0.3, -0.25) is 24.0 Å². The van der Waals surface area contributed by atoms with E-state index < -0.39 is 17.2 Å². The maximum atomic E-state index is 13.5. The van der Waals surface area contributed by atoms with E-state index in [-0.39, 0.29) is 48.6 Å². The van der Waals surface area contributed by atoms with Gasteiger partial charge in [0, 0.05) is 19.2 Å². The van der Waals surface area contributed by atoms with Crippen LogP contribution < -0.4 is 31.4 Å². The summed E-state index contributed by atoms with van der Waals surface area (Å²) in [7, 11) is 1.46. The number of nitrogen functional groups attached to an aromatic ring is 1. The second-order valence-corrected chi connectivity index (χ2v) is 7.61. The van der Waals surface area contributed by atoms with Crippen molar-refractivity contribution >= 4 is 29.0 Å². The van der Waals surface area contributed by atoms with Crippen molar-refractivity contribution in [2.24, 2.45) is 0 Å². The lowest BCUT2D eigenvalue weighted by Crippen LogP contribution is -2.42. The van der Waals surface area contributed by atoms with Gasteiger partial charge in [-0.2, -0.15) is 0 Å². The van der Waals surface area contributed by atoms with Crippen LogP contribution in [0.1, 0.15) is 15.9 Å². The van der Waals surface area contributed by atoms with Crippen LogP contribution in [0.25, 0.3) is 0 Å². The van der Waals surface area contributed by atoms with Crippen LogP contribution in [0.5, 0.6) is 11.5 Å². The number of amides is 1. The number of fused-ring (bicyclic) bond motifs is 1. The van der Waals surface area contributed by atoms with Gasteiger partial charge in [0.15, 0.2) is 17.2 Å². The zero-order valence-corrected chi connectivity index (χ0v) is 18.4. The molecule has 2 aromatic carbocycles. The predicted molar refractivity (Wildman–Crippen MR) is 122 cm³/mol. The first-order valence-corrected chi connectivity index (χ1v) is 10.3. The van der Waals surface area contributed by atoms with E-state index >= 15 is 0 Å². The quantitative estimate of drug-likeness (QED) is 0.536. The highest BCUT2D eigenvalue weighted by molar-refractivity contribution is 6.33. The number of aromatic nitrogens is 2. The number of halogens is 1. The second-order valence-electron chi connectivity index (χ2n) is 7.21. The summed E-state index contributed by atoms with van der Waals surface area (Å²) in [5.41, 5.74) is 5.58. The van der Waals surface area contributed by atoms with Crippen molar-refractivity contribution in [3.63, 3.8) is 0 Å². The van der Waals surface area contributed by atoms with E-state index in [9.17, 15) is 14.4 Å². The van der Waals surface area contributed by atoms with E-state index in [1.165, 1.54) is 23.8 Å². The molecule has 0 radical (unpaired) electrons. The van der Waals surface area contributed by atoms with E-state index in [2.05, 4.69) is 4.98 Å². The number of benzene rings is 2. The molecule has 1 aliphatic heterocycles. The molecule has 4 rings (SSSR count). The third-order valence-corrected chi connectivity index (χ3v) is 5.39. The minimum atomic E-state index is -0.793. The minimum absolute atomic E-state index is 0.00177. The molecular weight excluding hydrogens is 452 g/mol. The van der Waals surface area contributed by atoms with Crippen LogP contribution in [0.3, 0.4) is 0 Å². The fourth-order valence-corrected chi connectivity index (χ4v) is 3.77. The molecule has 0 saturated heterocycles. The molecule has 1 aromatic heterocycles. The Balaban J connectivity index is 1.80. The lowest BCUT2D eigenvalue weighted by Gasteiger charge is -2.24. The van der Waals surface area contributed by atoms with Crippen molar-refractivity contribution in [2.75, 3.05) is 37.7 Å². The largest absolute Gasteiger partial charge is 0.454 e. The van der Waals surface area contributed by atoms with E-state index in [1.807, 2.05) is 30.3 Å². The van der Waals surface area contributed by atoms with Crippen molar-refractivity contribution in [3.05, 3.63) is 79.5 Å². The number of carbonyl (C=O) groups is 1. The first kappa shape index (κ1) is 22.4. The molecule has 0 saturated carbocycles. The number of methoxy groups -OCH3 is 1. The number of carbonyl (C=O) groups excluding carboxylic acids is 1. The highest BCUT2D eigenvalue weighted by Crippen LogP contribution is 2.40. The van der Waals surface area contributed by atoms with E-state index in [4.69, 9.17) is 31.5 Å². The number of nitrogens with two attached hydrogens (primary N) is 1. The SMILES string of the molecule is COCCN(C(=O)c1cc(Cl)c2c(c1)OCO2)c1c(N)n(Cc2ccccc2)c(=O)[nH]c1=O. The number of rotatable bonds is 7. The summed E-state index contributed by atoms with van der Waals surface area (Å²) in [4.78, 5) is 42.2. The lowest BCUT2D eigenvalue weighted by molar-refractivity contribution is 0.0975. The molecule has 172 valence electrons. The topological polar surface area (TPSA) is 129 Å². The fraction of sp³-hybridized carbons (Fsp3) is 0.227. The van der Waals surface area contributed by atoms with Crippen molar-refractivity contribution < 1.29 is 19.0 Å². The molecule has 1 amide bonds. The van der Waals surface area contributed by atoms with Gasteiger partial charge in [-0.05, 0) is 17.7 Å². The van der Waals surface area contributed by atoms with Crippen LogP contribution in [0.15, 0.2) is 52.1 Å². The fourth-order valence-electron chi connectivity index (χ4n) is 3.51. The first-order valence-electron chi connectivity index (χ1n) is 9.97. The third kappa shape index (κ3) is 4.43. The average Bonchev–Trinajstić information content (AvgIpc) is 3.28. The van der Waals surface area contributed by atoms with E-state index in [1.54, 1.807) is 0 Å². The molecule has 0 fully saturated rings. The van der Waals surface area contributed by atoms with Gasteiger partial charge in [0.2, 0.25) is 6.79 Å². The average molecular weight is 473 g/mol. The molecule has 0 aliphatic carbocycles. The van der Waals surface area contributed by atoms with Crippen LogP contribution >= 0.6 is 11.6 Å². The second kappa shape index (κ2) is 9.39. The Bertz CT molecular complexity index is 1300. The molecular formula is C22H21ClN4O6. The number of ether oxygens (including phenoxy) is 3. The Morgan fingerprint density at radius 3 is 2.73 bits per heavy atom. The Morgan fingerprint density at radius 1 is 1.24 bits per heavy atom. The van der Waals surface area contributed by atoms with Gasteiger partial charge in [0.1, 0.15) is 5.82 Å². The Kier molecular flexibility index (Phi) is 6.38. The maximum absolute atomic E-state index is 13.5. The minimum Gasteiger partial charge on any atom is -0.454 e. The van der Waals surface area contributed by atoms with E-state index in [0.717, 1.165) is 10.5 Å². The van der Waals surface area contributed by atoms with Gasteiger partial charge in [0.05, 0.1) is 18.2 Å². The molecule has 3 N–H and O–H groups in total. The first-order chi connectivity index (χ1) is 15.9. The number of aromatic amines is 1. The zero-order chi connectivity index (χ0) is 23.5. The van der Waals surface area contributed by atoms with Crippen LogP contribution in [-0.2, 0) is 11.3 Å². The standard InChI is InChI=1S/C22H21ClN4O6/c1-31-8-7-26(21(29)14-9-15(23)18-16(10-14)32-12-33-18)17-19(24)27(22(30)25-20(17)28)11-13-5-3-2-4-6-13/h2-6,9-10H,7-8,11-12,24H2,1H3,(H,25,28,30). The molecule has 11 heteroatoms. The molecule has 0 spiro atoms. The molecule has 0 bridgehead atoms. The van der Waals surface area contributed by atoms with Crippen LogP contribution in [0.2, 0.25) is 5.02 Å². The van der Waals surface area contributed by atoms with Crippen LogP contribution in [0.4, 0.5) is 11.5 Å². The number of nitrogens with zero attached hydrogens (tertiary/aromatic N) is 2. The predicted octanol–water partition coefficient (Wildman–Crippen LogP) is 1.84. The summed E-state index contributed by atoms with van der Waals surface area (Å²) in [6.45, 7) is 0.202.